The Hall–Kier alpha value is -0.740. The van der Waals surface area contributed by atoms with E-state index in [0.717, 1.165) is 10.0 Å². The third-order valence-electron chi connectivity index (χ3n) is 2.25. The lowest BCUT2D eigenvalue weighted by molar-refractivity contribution is 0.169. The van der Waals surface area contributed by atoms with Gasteiger partial charge in [0.15, 0.2) is 0 Å². The molecule has 84 valence electrons. The van der Waals surface area contributed by atoms with Crippen LogP contribution in [-0.2, 0) is 0 Å². The molecule has 0 aliphatic rings. The molecule has 1 N–H and O–H groups in total. The molecule has 1 aromatic rings. The molecule has 0 aliphatic carbocycles. The van der Waals surface area contributed by atoms with Crippen LogP contribution in [0.4, 0.5) is 0 Å². The maximum absolute atomic E-state index is 9.80. The Bertz CT molecular complexity index is 339. The highest BCUT2D eigenvalue weighted by molar-refractivity contribution is 9.10. The summed E-state index contributed by atoms with van der Waals surface area (Å²) in [5.74, 6) is 1.36. The Kier molecular flexibility index (Phi) is 4.42. The van der Waals surface area contributed by atoms with Crippen molar-refractivity contribution in [3.8, 4) is 11.5 Å². The number of methoxy groups -OCH3 is 2. The minimum atomic E-state index is -0.526. The van der Waals surface area contributed by atoms with Crippen molar-refractivity contribution in [1.29, 1.82) is 0 Å². The SMILES string of the molecule is CC[C@H](O)c1cc(OC)c(Br)cc1OC. The summed E-state index contributed by atoms with van der Waals surface area (Å²) in [4.78, 5) is 0. The van der Waals surface area contributed by atoms with E-state index in [1.807, 2.05) is 6.92 Å². The summed E-state index contributed by atoms with van der Waals surface area (Å²) in [7, 11) is 3.18. The molecule has 15 heavy (non-hydrogen) atoms. The molecule has 0 spiro atoms. The van der Waals surface area contributed by atoms with Gasteiger partial charge in [0.1, 0.15) is 11.5 Å². The highest BCUT2D eigenvalue weighted by Gasteiger charge is 2.15. The molecular weight excluding hydrogens is 260 g/mol. The van der Waals surface area contributed by atoms with Crippen molar-refractivity contribution < 1.29 is 14.6 Å². The van der Waals surface area contributed by atoms with E-state index in [2.05, 4.69) is 15.9 Å². The maximum Gasteiger partial charge on any atom is 0.133 e. The summed E-state index contributed by atoms with van der Waals surface area (Å²) < 4.78 is 11.2. The summed E-state index contributed by atoms with van der Waals surface area (Å²) in [5, 5.41) is 9.80. The second-order valence-corrected chi connectivity index (χ2v) is 4.01. The van der Waals surface area contributed by atoms with Crippen LogP contribution in [0.1, 0.15) is 25.0 Å². The van der Waals surface area contributed by atoms with Gasteiger partial charge in [-0.15, -0.1) is 0 Å². The molecule has 1 aromatic carbocycles. The topological polar surface area (TPSA) is 38.7 Å². The lowest BCUT2D eigenvalue weighted by Gasteiger charge is -2.15. The fourth-order valence-electron chi connectivity index (χ4n) is 1.36. The van der Waals surface area contributed by atoms with Crippen molar-refractivity contribution in [1.82, 2.24) is 0 Å². The van der Waals surface area contributed by atoms with Crippen LogP contribution < -0.4 is 9.47 Å². The van der Waals surface area contributed by atoms with E-state index in [1.54, 1.807) is 26.4 Å². The molecule has 4 heteroatoms. The number of halogens is 1. The molecule has 1 atom stereocenters. The second kappa shape index (κ2) is 5.37. The Morgan fingerprint density at radius 1 is 1.27 bits per heavy atom. The molecule has 0 saturated heterocycles. The van der Waals surface area contributed by atoms with Gasteiger partial charge in [-0.2, -0.15) is 0 Å². The van der Waals surface area contributed by atoms with Gasteiger partial charge in [0.2, 0.25) is 0 Å². The summed E-state index contributed by atoms with van der Waals surface area (Å²) >= 11 is 3.37. The van der Waals surface area contributed by atoms with Crippen LogP contribution in [-0.4, -0.2) is 19.3 Å². The molecule has 0 aromatic heterocycles. The second-order valence-electron chi connectivity index (χ2n) is 3.15. The number of aliphatic hydroxyl groups excluding tert-OH is 1. The number of benzene rings is 1. The highest BCUT2D eigenvalue weighted by atomic mass is 79.9. The lowest BCUT2D eigenvalue weighted by atomic mass is 10.1. The fraction of sp³-hybridized carbons (Fsp3) is 0.455. The number of hydrogen-bond acceptors (Lipinski definition) is 3. The highest BCUT2D eigenvalue weighted by Crippen LogP contribution is 2.36. The van der Waals surface area contributed by atoms with Crippen molar-refractivity contribution in [3.05, 3.63) is 22.2 Å². The maximum atomic E-state index is 9.80. The van der Waals surface area contributed by atoms with Crippen LogP contribution >= 0.6 is 15.9 Å². The van der Waals surface area contributed by atoms with Crippen LogP contribution in [0.2, 0.25) is 0 Å². The van der Waals surface area contributed by atoms with Gasteiger partial charge in [-0.1, -0.05) is 6.92 Å². The summed E-state index contributed by atoms with van der Waals surface area (Å²) in [5.41, 5.74) is 0.750. The molecule has 1 rings (SSSR count). The van der Waals surface area contributed by atoms with Crippen LogP contribution in [0.5, 0.6) is 11.5 Å². The first-order valence-electron chi connectivity index (χ1n) is 4.73. The Morgan fingerprint density at radius 2 is 1.87 bits per heavy atom. The minimum Gasteiger partial charge on any atom is -0.496 e. The molecule has 0 radical (unpaired) electrons. The van der Waals surface area contributed by atoms with Crippen molar-refractivity contribution in [2.75, 3.05) is 14.2 Å². The fourth-order valence-corrected chi connectivity index (χ4v) is 1.85. The standard InChI is InChI=1S/C11H15BrO3/c1-4-9(13)7-5-11(15-3)8(12)6-10(7)14-2/h5-6,9,13H,4H2,1-3H3/t9-/m0/s1. The third-order valence-corrected chi connectivity index (χ3v) is 2.87. The van der Waals surface area contributed by atoms with Gasteiger partial charge in [0.05, 0.1) is 24.8 Å². The molecule has 0 amide bonds. The molecule has 0 heterocycles. The van der Waals surface area contributed by atoms with Gasteiger partial charge in [0.25, 0.3) is 0 Å². The predicted molar refractivity (Wildman–Crippen MR) is 62.5 cm³/mol. The first kappa shape index (κ1) is 12.3. The molecule has 0 aliphatic heterocycles. The van der Waals surface area contributed by atoms with Gasteiger partial charge in [0, 0.05) is 5.56 Å². The van der Waals surface area contributed by atoms with Crippen LogP contribution in [0.25, 0.3) is 0 Å². The zero-order valence-corrected chi connectivity index (χ0v) is 10.7. The van der Waals surface area contributed by atoms with Gasteiger partial charge < -0.3 is 14.6 Å². The van der Waals surface area contributed by atoms with E-state index >= 15 is 0 Å². The quantitative estimate of drug-likeness (QED) is 0.918. The van der Waals surface area contributed by atoms with Crippen molar-refractivity contribution in [2.45, 2.75) is 19.4 Å². The van der Waals surface area contributed by atoms with Gasteiger partial charge in [-0.05, 0) is 34.5 Å². The van der Waals surface area contributed by atoms with Crippen LogP contribution in [0.3, 0.4) is 0 Å². The number of hydrogen-bond donors (Lipinski definition) is 1. The van der Waals surface area contributed by atoms with E-state index in [9.17, 15) is 5.11 Å². The lowest BCUT2D eigenvalue weighted by Crippen LogP contribution is -2.00. The normalized spacial score (nSPS) is 12.3. The van der Waals surface area contributed by atoms with Crippen LogP contribution in [0, 0.1) is 0 Å². The third kappa shape index (κ3) is 2.63. The van der Waals surface area contributed by atoms with E-state index in [-0.39, 0.29) is 0 Å². The zero-order valence-electron chi connectivity index (χ0n) is 9.08. The number of aliphatic hydroxyl groups is 1. The average Bonchev–Trinajstić information content (AvgIpc) is 2.27. The molecule has 3 nitrogen and oxygen atoms in total. The average molecular weight is 275 g/mol. The molecule has 0 bridgehead atoms. The molecule has 0 unspecified atom stereocenters. The van der Waals surface area contributed by atoms with E-state index < -0.39 is 6.10 Å². The summed E-state index contributed by atoms with van der Waals surface area (Å²) in [6, 6.07) is 3.59. The first-order valence-corrected chi connectivity index (χ1v) is 5.52. The molecular formula is C11H15BrO3. The van der Waals surface area contributed by atoms with Crippen molar-refractivity contribution in [2.24, 2.45) is 0 Å². The largest absolute Gasteiger partial charge is 0.496 e. The zero-order chi connectivity index (χ0) is 11.4. The van der Waals surface area contributed by atoms with Gasteiger partial charge in [-0.3, -0.25) is 0 Å². The van der Waals surface area contributed by atoms with Crippen molar-refractivity contribution >= 4 is 15.9 Å². The van der Waals surface area contributed by atoms with E-state index in [0.29, 0.717) is 17.9 Å². The smallest absolute Gasteiger partial charge is 0.133 e. The monoisotopic (exact) mass is 274 g/mol. The Labute approximate surface area is 98.1 Å². The number of rotatable bonds is 4. The minimum absolute atomic E-state index is 0.526. The van der Waals surface area contributed by atoms with Crippen molar-refractivity contribution in [3.63, 3.8) is 0 Å². The Morgan fingerprint density at radius 3 is 2.33 bits per heavy atom. The predicted octanol–water partition coefficient (Wildman–Crippen LogP) is 2.91. The summed E-state index contributed by atoms with van der Waals surface area (Å²) in [6.45, 7) is 1.92. The first-order chi connectivity index (χ1) is 7.13. The number of ether oxygens (including phenoxy) is 2. The molecule has 0 saturated carbocycles. The van der Waals surface area contributed by atoms with Gasteiger partial charge in [-0.25, -0.2) is 0 Å². The van der Waals surface area contributed by atoms with Gasteiger partial charge >= 0.3 is 0 Å². The molecule has 0 fully saturated rings. The van der Waals surface area contributed by atoms with Crippen LogP contribution in [0.15, 0.2) is 16.6 Å². The Balaban J connectivity index is 3.22. The van der Waals surface area contributed by atoms with E-state index in [4.69, 9.17) is 9.47 Å². The summed E-state index contributed by atoms with van der Waals surface area (Å²) in [6.07, 6.45) is 0.114. The van der Waals surface area contributed by atoms with E-state index in [1.165, 1.54) is 0 Å².